The third-order valence-electron chi connectivity index (χ3n) is 4.56. The largest absolute Gasteiger partial charge is 0.375 e. The SMILES string of the molecule is CN(C)c1ccc(-c2noc(-c3cccn(Cc4ccccc4)c3=O)n2)cc1F. The third kappa shape index (κ3) is 3.80. The van der Waals surface area contributed by atoms with Gasteiger partial charge < -0.3 is 14.0 Å². The second kappa shape index (κ2) is 7.71. The first-order chi connectivity index (χ1) is 14.0. The van der Waals surface area contributed by atoms with Crippen LogP contribution < -0.4 is 10.5 Å². The van der Waals surface area contributed by atoms with E-state index in [0.29, 0.717) is 23.4 Å². The predicted octanol–water partition coefficient (Wildman–Crippen LogP) is 3.82. The van der Waals surface area contributed by atoms with E-state index >= 15 is 0 Å². The van der Waals surface area contributed by atoms with E-state index in [9.17, 15) is 9.18 Å². The lowest BCUT2D eigenvalue weighted by atomic mass is 10.2. The summed E-state index contributed by atoms with van der Waals surface area (Å²) in [7, 11) is 3.53. The zero-order valence-corrected chi connectivity index (χ0v) is 16.0. The topological polar surface area (TPSA) is 64.2 Å². The summed E-state index contributed by atoms with van der Waals surface area (Å²) in [5.74, 6) is -0.0599. The fourth-order valence-corrected chi connectivity index (χ4v) is 3.06. The van der Waals surface area contributed by atoms with E-state index in [1.165, 1.54) is 6.07 Å². The summed E-state index contributed by atoms with van der Waals surface area (Å²) in [6, 6.07) is 17.8. The summed E-state index contributed by atoms with van der Waals surface area (Å²) in [5.41, 5.74) is 2.01. The molecule has 0 bridgehead atoms. The van der Waals surface area contributed by atoms with Crippen LogP contribution in [0.25, 0.3) is 22.8 Å². The normalized spacial score (nSPS) is 10.9. The fraction of sp³-hybridized carbons (Fsp3) is 0.136. The van der Waals surface area contributed by atoms with Gasteiger partial charge in [0.15, 0.2) is 0 Å². The standard InChI is InChI=1S/C22H19FN4O2/c1-26(2)19-11-10-16(13-18(19)23)20-24-21(29-25-20)17-9-6-12-27(22(17)28)14-15-7-4-3-5-8-15/h3-13H,14H2,1-2H3. The van der Waals surface area contributed by atoms with Crippen LogP contribution in [0.5, 0.6) is 0 Å². The molecule has 2 heterocycles. The average molecular weight is 390 g/mol. The minimum atomic E-state index is -0.385. The highest BCUT2D eigenvalue weighted by atomic mass is 19.1. The van der Waals surface area contributed by atoms with Gasteiger partial charge in [0.2, 0.25) is 5.82 Å². The summed E-state index contributed by atoms with van der Waals surface area (Å²) < 4.78 is 21.1. The van der Waals surface area contributed by atoms with Gasteiger partial charge in [0.05, 0.1) is 12.2 Å². The number of pyridine rings is 1. The van der Waals surface area contributed by atoms with Crippen LogP contribution in [0.1, 0.15) is 5.56 Å². The minimum absolute atomic E-state index is 0.101. The van der Waals surface area contributed by atoms with Crippen LogP contribution in [0.2, 0.25) is 0 Å². The number of aromatic nitrogens is 3. The predicted molar refractivity (Wildman–Crippen MR) is 109 cm³/mol. The van der Waals surface area contributed by atoms with Gasteiger partial charge in [-0.1, -0.05) is 35.5 Å². The molecule has 2 aromatic carbocycles. The Hall–Kier alpha value is -3.74. The molecular weight excluding hydrogens is 371 g/mol. The molecule has 4 aromatic rings. The van der Waals surface area contributed by atoms with Gasteiger partial charge in [-0.25, -0.2) is 4.39 Å². The Kier molecular flexibility index (Phi) is 4.95. The second-order valence-corrected chi connectivity index (χ2v) is 6.82. The Morgan fingerprint density at radius 1 is 1.07 bits per heavy atom. The lowest BCUT2D eigenvalue weighted by molar-refractivity contribution is 0.431. The van der Waals surface area contributed by atoms with E-state index in [1.54, 1.807) is 54.0 Å². The summed E-state index contributed by atoms with van der Waals surface area (Å²) in [6.45, 7) is 0.436. The van der Waals surface area contributed by atoms with E-state index < -0.39 is 0 Å². The van der Waals surface area contributed by atoms with Crippen molar-refractivity contribution in [3.63, 3.8) is 0 Å². The van der Waals surface area contributed by atoms with Crippen LogP contribution in [0.3, 0.4) is 0 Å². The van der Waals surface area contributed by atoms with Gasteiger partial charge in [-0.05, 0) is 35.9 Å². The van der Waals surface area contributed by atoms with E-state index in [-0.39, 0.29) is 23.1 Å². The van der Waals surface area contributed by atoms with Gasteiger partial charge in [0, 0.05) is 25.9 Å². The molecule has 2 aromatic heterocycles. The lowest BCUT2D eigenvalue weighted by Crippen LogP contribution is -2.21. The van der Waals surface area contributed by atoms with Crippen molar-refractivity contribution in [1.82, 2.24) is 14.7 Å². The number of hydrogen-bond donors (Lipinski definition) is 0. The van der Waals surface area contributed by atoms with Gasteiger partial charge in [-0.2, -0.15) is 4.98 Å². The molecule has 4 rings (SSSR count). The molecule has 0 saturated heterocycles. The first-order valence-electron chi connectivity index (χ1n) is 9.07. The number of halogens is 1. The molecule has 0 spiro atoms. The maximum atomic E-state index is 14.3. The average Bonchev–Trinajstić information content (AvgIpc) is 3.20. The van der Waals surface area contributed by atoms with E-state index in [1.807, 2.05) is 30.3 Å². The molecule has 0 amide bonds. The zero-order valence-electron chi connectivity index (χ0n) is 16.0. The quantitative estimate of drug-likeness (QED) is 0.518. The van der Waals surface area contributed by atoms with E-state index in [4.69, 9.17) is 4.52 Å². The molecule has 146 valence electrons. The molecule has 0 unspecified atom stereocenters. The Bertz CT molecular complexity index is 1200. The Morgan fingerprint density at radius 2 is 1.86 bits per heavy atom. The van der Waals surface area contributed by atoms with E-state index in [0.717, 1.165) is 5.56 Å². The van der Waals surface area contributed by atoms with Gasteiger partial charge in [-0.3, -0.25) is 4.79 Å². The summed E-state index contributed by atoms with van der Waals surface area (Å²) in [6.07, 6.45) is 1.71. The summed E-state index contributed by atoms with van der Waals surface area (Å²) >= 11 is 0. The molecular formula is C22H19FN4O2. The monoisotopic (exact) mass is 390 g/mol. The van der Waals surface area contributed by atoms with Gasteiger partial charge in [0.1, 0.15) is 11.4 Å². The van der Waals surface area contributed by atoms with Crippen molar-refractivity contribution in [2.45, 2.75) is 6.54 Å². The molecule has 6 nitrogen and oxygen atoms in total. The molecule has 0 fully saturated rings. The Morgan fingerprint density at radius 3 is 2.59 bits per heavy atom. The van der Waals surface area contributed by atoms with Crippen LogP contribution in [0.4, 0.5) is 10.1 Å². The van der Waals surface area contributed by atoms with Crippen LogP contribution in [-0.4, -0.2) is 28.8 Å². The van der Waals surface area contributed by atoms with Gasteiger partial charge in [0.25, 0.3) is 11.4 Å². The molecule has 29 heavy (non-hydrogen) atoms. The fourth-order valence-electron chi connectivity index (χ4n) is 3.06. The Balaban J connectivity index is 1.66. The first kappa shape index (κ1) is 18.6. The van der Waals surface area contributed by atoms with Crippen molar-refractivity contribution >= 4 is 5.69 Å². The lowest BCUT2D eigenvalue weighted by Gasteiger charge is -2.13. The number of anilines is 1. The van der Waals surface area contributed by atoms with Crippen molar-refractivity contribution in [2.75, 3.05) is 19.0 Å². The van der Waals surface area contributed by atoms with E-state index in [2.05, 4.69) is 10.1 Å². The first-order valence-corrected chi connectivity index (χ1v) is 9.07. The molecule has 0 saturated carbocycles. The molecule has 0 aliphatic carbocycles. The van der Waals surface area contributed by atoms with Crippen molar-refractivity contribution in [2.24, 2.45) is 0 Å². The highest BCUT2D eigenvalue weighted by Crippen LogP contribution is 2.25. The van der Waals surface area contributed by atoms with Crippen LogP contribution in [0, 0.1) is 5.82 Å². The molecule has 0 aliphatic heterocycles. The molecule has 0 atom stereocenters. The molecule has 0 radical (unpaired) electrons. The number of nitrogens with zero attached hydrogens (tertiary/aromatic N) is 4. The summed E-state index contributed by atoms with van der Waals surface area (Å²) in [5, 5.41) is 3.92. The molecule has 0 aliphatic rings. The van der Waals surface area contributed by atoms with Crippen molar-refractivity contribution in [1.29, 1.82) is 0 Å². The highest BCUT2D eigenvalue weighted by Gasteiger charge is 2.16. The number of rotatable bonds is 5. The van der Waals surface area contributed by atoms with Crippen molar-refractivity contribution in [3.8, 4) is 22.8 Å². The highest BCUT2D eigenvalue weighted by molar-refractivity contribution is 5.63. The van der Waals surface area contributed by atoms with Crippen molar-refractivity contribution in [3.05, 3.63) is 88.6 Å². The zero-order chi connectivity index (χ0) is 20.4. The minimum Gasteiger partial charge on any atom is -0.375 e. The smallest absolute Gasteiger partial charge is 0.263 e. The second-order valence-electron chi connectivity index (χ2n) is 6.82. The van der Waals surface area contributed by atoms with Crippen LogP contribution in [0.15, 0.2) is 76.2 Å². The van der Waals surface area contributed by atoms with Crippen LogP contribution in [-0.2, 0) is 6.54 Å². The maximum Gasteiger partial charge on any atom is 0.263 e. The van der Waals surface area contributed by atoms with Gasteiger partial charge in [-0.15, -0.1) is 0 Å². The molecule has 7 heteroatoms. The number of hydrogen-bond acceptors (Lipinski definition) is 5. The van der Waals surface area contributed by atoms with Crippen LogP contribution >= 0.6 is 0 Å². The summed E-state index contributed by atoms with van der Waals surface area (Å²) in [4.78, 5) is 18.8. The van der Waals surface area contributed by atoms with Crippen molar-refractivity contribution < 1.29 is 8.91 Å². The third-order valence-corrected chi connectivity index (χ3v) is 4.56. The number of benzene rings is 2. The Labute approximate surface area is 166 Å². The molecule has 0 N–H and O–H groups in total. The van der Waals surface area contributed by atoms with Gasteiger partial charge >= 0.3 is 0 Å². The maximum absolute atomic E-state index is 14.3.